The molecule has 0 aliphatic carbocycles. The second-order valence-corrected chi connectivity index (χ2v) is 5.43. The van der Waals surface area contributed by atoms with E-state index < -0.39 is 0 Å². The maximum absolute atomic E-state index is 3.66. The minimum absolute atomic E-state index is 0.358. The van der Waals surface area contributed by atoms with Gasteiger partial charge in [-0.1, -0.05) is 59.7 Å². The average molecular weight is 253 g/mol. The van der Waals surface area contributed by atoms with E-state index in [0.29, 0.717) is 12.1 Å². The number of hydrogen-bond donors (Lipinski definition) is 1. The van der Waals surface area contributed by atoms with E-state index in [4.69, 9.17) is 0 Å². The molecule has 0 spiro atoms. The normalized spacial score (nSPS) is 14.1. The van der Waals surface area contributed by atoms with Gasteiger partial charge in [0.05, 0.1) is 0 Å². The zero-order chi connectivity index (χ0) is 13.8. The van der Waals surface area contributed by atoms with Crippen molar-refractivity contribution in [1.29, 1.82) is 0 Å². The number of benzene rings is 2. The fourth-order valence-corrected chi connectivity index (χ4v) is 2.36. The minimum atomic E-state index is 0.358. The molecular formula is C18H23N. The maximum atomic E-state index is 3.66. The van der Waals surface area contributed by atoms with Crippen LogP contribution in [0.5, 0.6) is 0 Å². The third-order valence-electron chi connectivity index (χ3n) is 3.62. The summed E-state index contributed by atoms with van der Waals surface area (Å²) >= 11 is 0. The van der Waals surface area contributed by atoms with Crippen LogP contribution in [0, 0.1) is 13.8 Å². The molecule has 2 unspecified atom stereocenters. The number of hydrogen-bond acceptors (Lipinski definition) is 1. The number of aryl methyl sites for hydroxylation is 2. The summed E-state index contributed by atoms with van der Waals surface area (Å²) in [6.45, 7) is 8.70. The Hall–Kier alpha value is -1.60. The van der Waals surface area contributed by atoms with Crippen molar-refractivity contribution in [2.75, 3.05) is 0 Å². The standard InChI is InChI=1S/C18H23N/c1-13-8-10-17(11-9-13)15(3)19-16(4)18-7-5-6-14(2)12-18/h5-12,15-16,19H,1-4H3. The quantitative estimate of drug-likeness (QED) is 0.831. The molecule has 1 heteroatoms. The lowest BCUT2D eigenvalue weighted by molar-refractivity contribution is 0.494. The van der Waals surface area contributed by atoms with Gasteiger partial charge in [-0.25, -0.2) is 0 Å². The molecule has 2 atom stereocenters. The summed E-state index contributed by atoms with van der Waals surface area (Å²) < 4.78 is 0. The Balaban J connectivity index is 2.06. The topological polar surface area (TPSA) is 12.0 Å². The Labute approximate surface area is 116 Å². The van der Waals surface area contributed by atoms with Gasteiger partial charge in [0.2, 0.25) is 0 Å². The fraction of sp³-hybridized carbons (Fsp3) is 0.333. The Morgan fingerprint density at radius 1 is 0.737 bits per heavy atom. The van der Waals surface area contributed by atoms with E-state index >= 15 is 0 Å². The van der Waals surface area contributed by atoms with Crippen molar-refractivity contribution in [2.45, 2.75) is 39.8 Å². The average Bonchev–Trinajstić information content (AvgIpc) is 2.39. The van der Waals surface area contributed by atoms with Gasteiger partial charge >= 0.3 is 0 Å². The highest BCUT2D eigenvalue weighted by molar-refractivity contribution is 5.27. The second kappa shape index (κ2) is 6.03. The van der Waals surface area contributed by atoms with Crippen LogP contribution in [0.4, 0.5) is 0 Å². The largest absolute Gasteiger partial charge is 0.304 e. The first-order chi connectivity index (χ1) is 9.06. The number of nitrogens with one attached hydrogen (secondary N) is 1. The van der Waals surface area contributed by atoms with E-state index in [2.05, 4.69) is 81.5 Å². The Bertz CT molecular complexity index is 528. The Morgan fingerprint density at radius 3 is 2.00 bits per heavy atom. The van der Waals surface area contributed by atoms with Crippen molar-refractivity contribution in [3.63, 3.8) is 0 Å². The summed E-state index contributed by atoms with van der Waals surface area (Å²) in [5.41, 5.74) is 5.31. The van der Waals surface area contributed by atoms with E-state index in [1.54, 1.807) is 0 Å². The monoisotopic (exact) mass is 253 g/mol. The van der Waals surface area contributed by atoms with Crippen molar-refractivity contribution < 1.29 is 0 Å². The van der Waals surface area contributed by atoms with Crippen molar-refractivity contribution in [2.24, 2.45) is 0 Å². The first-order valence-corrected chi connectivity index (χ1v) is 6.95. The summed E-state index contributed by atoms with van der Waals surface area (Å²) in [4.78, 5) is 0. The molecule has 0 fully saturated rings. The van der Waals surface area contributed by atoms with Gasteiger partial charge in [-0.05, 0) is 38.8 Å². The summed E-state index contributed by atoms with van der Waals surface area (Å²) in [7, 11) is 0. The molecule has 2 aromatic rings. The molecule has 0 aliphatic heterocycles. The lowest BCUT2D eigenvalue weighted by atomic mass is 10.0. The predicted octanol–water partition coefficient (Wildman–Crippen LogP) is 4.72. The van der Waals surface area contributed by atoms with Crippen LogP contribution >= 0.6 is 0 Å². The zero-order valence-corrected chi connectivity index (χ0v) is 12.3. The molecule has 100 valence electrons. The van der Waals surface area contributed by atoms with Gasteiger partial charge in [-0.3, -0.25) is 0 Å². The predicted molar refractivity (Wildman–Crippen MR) is 82.3 cm³/mol. The molecule has 1 N–H and O–H groups in total. The van der Waals surface area contributed by atoms with Crippen molar-refractivity contribution in [3.8, 4) is 0 Å². The van der Waals surface area contributed by atoms with Gasteiger partial charge in [0, 0.05) is 12.1 Å². The van der Waals surface area contributed by atoms with Gasteiger partial charge < -0.3 is 5.32 Å². The van der Waals surface area contributed by atoms with Gasteiger partial charge in [-0.15, -0.1) is 0 Å². The molecular weight excluding hydrogens is 230 g/mol. The Morgan fingerprint density at radius 2 is 1.37 bits per heavy atom. The van der Waals surface area contributed by atoms with Crippen molar-refractivity contribution >= 4 is 0 Å². The van der Waals surface area contributed by atoms with E-state index in [-0.39, 0.29) is 0 Å². The van der Waals surface area contributed by atoms with Gasteiger partial charge in [0.15, 0.2) is 0 Å². The third kappa shape index (κ3) is 3.68. The second-order valence-electron chi connectivity index (χ2n) is 5.43. The lowest BCUT2D eigenvalue weighted by Gasteiger charge is -2.21. The molecule has 0 radical (unpaired) electrons. The summed E-state index contributed by atoms with van der Waals surface area (Å²) in [6, 6.07) is 18.2. The Kier molecular flexibility index (Phi) is 4.39. The molecule has 0 heterocycles. The zero-order valence-electron chi connectivity index (χ0n) is 12.3. The molecule has 0 saturated carbocycles. The van der Waals surface area contributed by atoms with E-state index in [9.17, 15) is 0 Å². The molecule has 0 amide bonds. The van der Waals surface area contributed by atoms with E-state index in [1.807, 2.05) is 0 Å². The molecule has 2 rings (SSSR count). The summed E-state index contributed by atoms with van der Waals surface area (Å²) in [5.74, 6) is 0. The van der Waals surface area contributed by atoms with Crippen LogP contribution in [-0.2, 0) is 0 Å². The molecule has 0 saturated heterocycles. The van der Waals surface area contributed by atoms with Gasteiger partial charge in [-0.2, -0.15) is 0 Å². The molecule has 2 aromatic carbocycles. The minimum Gasteiger partial charge on any atom is -0.304 e. The maximum Gasteiger partial charge on any atom is 0.0297 e. The van der Waals surface area contributed by atoms with Crippen LogP contribution in [0.25, 0.3) is 0 Å². The van der Waals surface area contributed by atoms with Crippen LogP contribution in [0.3, 0.4) is 0 Å². The van der Waals surface area contributed by atoms with Crippen molar-refractivity contribution in [1.82, 2.24) is 5.32 Å². The van der Waals surface area contributed by atoms with Gasteiger partial charge in [0.25, 0.3) is 0 Å². The van der Waals surface area contributed by atoms with Crippen LogP contribution in [0.15, 0.2) is 48.5 Å². The third-order valence-corrected chi connectivity index (χ3v) is 3.62. The SMILES string of the molecule is Cc1ccc(C(C)NC(C)c2cccc(C)c2)cc1. The van der Waals surface area contributed by atoms with E-state index in [1.165, 1.54) is 22.3 Å². The highest BCUT2D eigenvalue weighted by Gasteiger charge is 2.10. The first kappa shape index (κ1) is 13.8. The molecule has 0 bridgehead atoms. The summed E-state index contributed by atoms with van der Waals surface area (Å²) in [5, 5.41) is 3.66. The lowest BCUT2D eigenvalue weighted by Crippen LogP contribution is -2.22. The smallest absolute Gasteiger partial charge is 0.0297 e. The molecule has 1 nitrogen and oxygen atoms in total. The highest BCUT2D eigenvalue weighted by Crippen LogP contribution is 2.20. The molecule has 0 aliphatic rings. The van der Waals surface area contributed by atoms with Crippen LogP contribution in [-0.4, -0.2) is 0 Å². The fourth-order valence-electron chi connectivity index (χ4n) is 2.36. The molecule has 0 aromatic heterocycles. The van der Waals surface area contributed by atoms with Crippen molar-refractivity contribution in [3.05, 3.63) is 70.8 Å². The van der Waals surface area contributed by atoms with Crippen LogP contribution in [0.1, 0.15) is 48.2 Å². The van der Waals surface area contributed by atoms with Crippen LogP contribution in [0.2, 0.25) is 0 Å². The van der Waals surface area contributed by atoms with Crippen LogP contribution < -0.4 is 5.32 Å². The van der Waals surface area contributed by atoms with Gasteiger partial charge in [0.1, 0.15) is 0 Å². The first-order valence-electron chi connectivity index (χ1n) is 6.95. The van der Waals surface area contributed by atoms with E-state index in [0.717, 1.165) is 0 Å². The highest BCUT2D eigenvalue weighted by atomic mass is 14.9. The number of rotatable bonds is 4. The summed E-state index contributed by atoms with van der Waals surface area (Å²) in [6.07, 6.45) is 0. The molecule has 19 heavy (non-hydrogen) atoms.